The van der Waals surface area contributed by atoms with Gasteiger partial charge in [-0.15, -0.1) is 0 Å². The molecule has 4 bridgehead atoms. The van der Waals surface area contributed by atoms with Gasteiger partial charge in [0.15, 0.2) is 0 Å². The molecule has 5 aliphatic rings. The summed E-state index contributed by atoms with van der Waals surface area (Å²) >= 11 is 0. The summed E-state index contributed by atoms with van der Waals surface area (Å²) in [5.74, 6) is 2.14. The Hall–Kier alpha value is -0.0800. The van der Waals surface area contributed by atoms with Crippen LogP contribution in [0.4, 0.5) is 0 Å². The first-order valence-corrected chi connectivity index (χ1v) is 8.19. The van der Waals surface area contributed by atoms with E-state index in [1.807, 2.05) is 0 Å². The number of hydrogen-bond acceptors (Lipinski definition) is 2. The molecule has 2 atom stereocenters. The third-order valence-electron chi connectivity index (χ3n) is 6.69. The van der Waals surface area contributed by atoms with Gasteiger partial charge in [-0.3, -0.25) is 4.90 Å². The van der Waals surface area contributed by atoms with Gasteiger partial charge in [0.1, 0.15) is 0 Å². The Bertz CT molecular complexity index is 318. The molecule has 2 unspecified atom stereocenters. The van der Waals surface area contributed by atoms with Gasteiger partial charge >= 0.3 is 0 Å². The molecule has 1 N–H and O–H groups in total. The quantitative estimate of drug-likeness (QED) is 0.808. The number of nitrogens with zero attached hydrogens (tertiary/aromatic N) is 1. The van der Waals surface area contributed by atoms with Gasteiger partial charge in [-0.05, 0) is 55.8 Å². The van der Waals surface area contributed by atoms with Crippen LogP contribution in [0.15, 0.2) is 0 Å². The summed E-state index contributed by atoms with van der Waals surface area (Å²) in [7, 11) is 0. The van der Waals surface area contributed by atoms with Crippen LogP contribution in [0, 0.1) is 17.3 Å². The van der Waals surface area contributed by atoms with Crippen LogP contribution < -0.4 is 5.32 Å². The predicted octanol–water partition coefficient (Wildman–Crippen LogP) is 2.64. The molecule has 0 amide bonds. The monoisotopic (exact) mass is 248 g/mol. The maximum absolute atomic E-state index is 3.53. The van der Waals surface area contributed by atoms with Crippen molar-refractivity contribution in [2.24, 2.45) is 17.3 Å². The van der Waals surface area contributed by atoms with Gasteiger partial charge in [0, 0.05) is 31.7 Å². The normalized spacial score (nSPS) is 51.8. The molecule has 1 saturated heterocycles. The molecule has 0 aromatic carbocycles. The fourth-order valence-corrected chi connectivity index (χ4v) is 6.32. The van der Waals surface area contributed by atoms with Crippen LogP contribution in [0.5, 0.6) is 0 Å². The van der Waals surface area contributed by atoms with Crippen LogP contribution in [0.2, 0.25) is 0 Å². The SMILES string of the molecule is CCC12CC3CC(C1)CC(N1CCNCC1)(C3)C2. The highest BCUT2D eigenvalue weighted by Crippen LogP contribution is 2.64. The summed E-state index contributed by atoms with van der Waals surface area (Å²) in [5.41, 5.74) is 1.37. The van der Waals surface area contributed by atoms with E-state index >= 15 is 0 Å². The molecule has 18 heavy (non-hydrogen) atoms. The highest BCUT2D eigenvalue weighted by molar-refractivity contribution is 5.12. The molecule has 2 heteroatoms. The number of rotatable bonds is 2. The first-order chi connectivity index (χ1) is 8.74. The van der Waals surface area contributed by atoms with Crippen molar-refractivity contribution in [2.45, 2.75) is 57.4 Å². The maximum Gasteiger partial charge on any atom is 0.0221 e. The van der Waals surface area contributed by atoms with Crippen molar-refractivity contribution in [3.8, 4) is 0 Å². The number of hydrogen-bond donors (Lipinski definition) is 1. The van der Waals surface area contributed by atoms with Crippen LogP contribution in [-0.2, 0) is 0 Å². The van der Waals surface area contributed by atoms with E-state index in [0.717, 1.165) is 17.3 Å². The Labute approximate surface area is 111 Å². The Morgan fingerprint density at radius 1 is 1.06 bits per heavy atom. The molecule has 1 aliphatic heterocycles. The molecule has 0 radical (unpaired) electrons. The first-order valence-electron chi connectivity index (χ1n) is 8.19. The Kier molecular flexibility index (Phi) is 2.58. The molecule has 1 heterocycles. The van der Waals surface area contributed by atoms with Gasteiger partial charge < -0.3 is 5.32 Å². The maximum atomic E-state index is 3.53. The van der Waals surface area contributed by atoms with Gasteiger partial charge in [-0.25, -0.2) is 0 Å². The lowest BCUT2D eigenvalue weighted by Gasteiger charge is -2.65. The first kappa shape index (κ1) is 11.7. The van der Waals surface area contributed by atoms with Crippen LogP contribution in [-0.4, -0.2) is 36.6 Å². The minimum atomic E-state index is 0.627. The average Bonchev–Trinajstić information content (AvgIpc) is 2.38. The molecule has 5 fully saturated rings. The summed E-state index contributed by atoms with van der Waals surface area (Å²) in [5, 5.41) is 3.53. The van der Waals surface area contributed by atoms with E-state index in [9.17, 15) is 0 Å². The Morgan fingerprint density at radius 3 is 2.33 bits per heavy atom. The van der Waals surface area contributed by atoms with Crippen molar-refractivity contribution in [3.63, 3.8) is 0 Å². The standard InChI is InChI=1S/C16H28N2/c1-2-15-8-13-7-14(9-15)11-16(10-13,12-15)18-5-3-17-4-6-18/h13-14,17H,2-12H2,1H3. The number of piperazine rings is 1. The summed E-state index contributed by atoms with van der Waals surface area (Å²) in [6.07, 6.45) is 10.7. The molecule has 0 aromatic heterocycles. The molecular weight excluding hydrogens is 220 g/mol. The lowest BCUT2D eigenvalue weighted by molar-refractivity contribution is -0.136. The zero-order chi connectivity index (χ0) is 12.2. The minimum Gasteiger partial charge on any atom is -0.314 e. The van der Waals surface area contributed by atoms with Crippen LogP contribution in [0.3, 0.4) is 0 Å². The van der Waals surface area contributed by atoms with Crippen molar-refractivity contribution < 1.29 is 0 Å². The molecule has 0 aromatic rings. The van der Waals surface area contributed by atoms with Crippen molar-refractivity contribution in [1.29, 1.82) is 0 Å². The molecular formula is C16H28N2. The molecule has 2 nitrogen and oxygen atoms in total. The van der Waals surface area contributed by atoms with Crippen LogP contribution in [0.1, 0.15) is 51.9 Å². The van der Waals surface area contributed by atoms with Crippen molar-refractivity contribution in [2.75, 3.05) is 26.2 Å². The molecule has 102 valence electrons. The third-order valence-corrected chi connectivity index (χ3v) is 6.69. The van der Waals surface area contributed by atoms with Gasteiger partial charge in [0.05, 0.1) is 0 Å². The fraction of sp³-hybridized carbons (Fsp3) is 1.00. The molecule has 5 rings (SSSR count). The second-order valence-corrected chi connectivity index (χ2v) is 7.78. The topological polar surface area (TPSA) is 15.3 Å². The van der Waals surface area contributed by atoms with Crippen molar-refractivity contribution in [1.82, 2.24) is 10.2 Å². The zero-order valence-corrected chi connectivity index (χ0v) is 11.9. The average molecular weight is 248 g/mol. The summed E-state index contributed by atoms with van der Waals surface area (Å²) in [6.45, 7) is 7.50. The Balaban J connectivity index is 1.64. The molecule has 4 aliphatic carbocycles. The largest absolute Gasteiger partial charge is 0.314 e. The molecule has 0 spiro atoms. The van der Waals surface area contributed by atoms with E-state index in [0.29, 0.717) is 5.54 Å². The van der Waals surface area contributed by atoms with Gasteiger partial charge in [0.25, 0.3) is 0 Å². The van der Waals surface area contributed by atoms with E-state index in [1.165, 1.54) is 51.9 Å². The second kappa shape index (κ2) is 3.96. The summed E-state index contributed by atoms with van der Waals surface area (Å²) in [4.78, 5) is 2.89. The van der Waals surface area contributed by atoms with Crippen LogP contribution >= 0.6 is 0 Å². The summed E-state index contributed by atoms with van der Waals surface area (Å²) in [6, 6.07) is 0. The van der Waals surface area contributed by atoms with E-state index < -0.39 is 0 Å². The van der Waals surface area contributed by atoms with E-state index in [1.54, 1.807) is 19.3 Å². The third kappa shape index (κ3) is 1.61. The van der Waals surface area contributed by atoms with E-state index in [-0.39, 0.29) is 0 Å². The fourth-order valence-electron chi connectivity index (χ4n) is 6.32. The molecule has 4 saturated carbocycles. The van der Waals surface area contributed by atoms with Gasteiger partial charge in [0.2, 0.25) is 0 Å². The minimum absolute atomic E-state index is 0.627. The second-order valence-electron chi connectivity index (χ2n) is 7.78. The van der Waals surface area contributed by atoms with Gasteiger partial charge in [-0.2, -0.15) is 0 Å². The Morgan fingerprint density at radius 2 is 1.72 bits per heavy atom. The highest BCUT2D eigenvalue weighted by atomic mass is 15.2. The zero-order valence-electron chi connectivity index (χ0n) is 11.9. The lowest BCUT2D eigenvalue weighted by Crippen LogP contribution is -2.65. The van der Waals surface area contributed by atoms with E-state index in [2.05, 4.69) is 17.1 Å². The predicted molar refractivity (Wildman–Crippen MR) is 74.6 cm³/mol. The lowest BCUT2D eigenvalue weighted by atomic mass is 9.46. The highest BCUT2D eigenvalue weighted by Gasteiger charge is 2.58. The smallest absolute Gasteiger partial charge is 0.0221 e. The van der Waals surface area contributed by atoms with Crippen LogP contribution in [0.25, 0.3) is 0 Å². The van der Waals surface area contributed by atoms with Crippen molar-refractivity contribution in [3.05, 3.63) is 0 Å². The van der Waals surface area contributed by atoms with E-state index in [4.69, 9.17) is 0 Å². The summed E-state index contributed by atoms with van der Waals surface area (Å²) < 4.78 is 0. The van der Waals surface area contributed by atoms with Crippen molar-refractivity contribution >= 4 is 0 Å². The van der Waals surface area contributed by atoms with Gasteiger partial charge in [-0.1, -0.05) is 13.3 Å². The number of nitrogens with one attached hydrogen (secondary N) is 1.